The van der Waals surface area contributed by atoms with Gasteiger partial charge in [-0.1, -0.05) is 17.7 Å². The summed E-state index contributed by atoms with van der Waals surface area (Å²) in [5.74, 6) is 2.41. The number of nitrogens with zero attached hydrogens (tertiary/aromatic N) is 2. The summed E-state index contributed by atoms with van der Waals surface area (Å²) in [6.45, 7) is 3.79. The van der Waals surface area contributed by atoms with Crippen molar-refractivity contribution in [2.45, 2.75) is 13.8 Å². The lowest BCUT2D eigenvalue weighted by atomic mass is 10.2. The maximum absolute atomic E-state index is 6.08. The Morgan fingerprint density at radius 1 is 1.17 bits per heavy atom. The van der Waals surface area contributed by atoms with Crippen LogP contribution in [0.3, 0.4) is 0 Å². The van der Waals surface area contributed by atoms with Gasteiger partial charge in [0.05, 0.1) is 5.02 Å². The summed E-state index contributed by atoms with van der Waals surface area (Å²) in [6.07, 6.45) is 0. The quantitative estimate of drug-likeness (QED) is 0.919. The Labute approximate surface area is 111 Å². The zero-order valence-corrected chi connectivity index (χ0v) is 11.2. The van der Waals surface area contributed by atoms with E-state index in [9.17, 15) is 0 Å². The minimum absolute atomic E-state index is 0.472. The number of rotatable bonds is 3. The molecule has 0 fully saturated rings. The Morgan fingerprint density at radius 2 is 1.94 bits per heavy atom. The van der Waals surface area contributed by atoms with Gasteiger partial charge in [0.1, 0.15) is 17.4 Å². The van der Waals surface area contributed by atoms with Crippen LogP contribution < -0.4 is 10.1 Å². The number of aryl methyl sites for hydroxylation is 2. The van der Waals surface area contributed by atoms with Crippen molar-refractivity contribution in [3.63, 3.8) is 0 Å². The van der Waals surface area contributed by atoms with Crippen molar-refractivity contribution in [1.29, 1.82) is 0 Å². The van der Waals surface area contributed by atoms with Gasteiger partial charge in [0.15, 0.2) is 0 Å². The van der Waals surface area contributed by atoms with Gasteiger partial charge in [-0.25, -0.2) is 4.98 Å². The molecule has 0 saturated carbocycles. The van der Waals surface area contributed by atoms with E-state index < -0.39 is 0 Å². The average Bonchev–Trinajstić information content (AvgIpc) is 2.33. The molecule has 2 aromatic rings. The number of aromatic nitrogens is 2. The third-order valence-corrected chi connectivity index (χ3v) is 2.68. The van der Waals surface area contributed by atoms with Crippen LogP contribution >= 0.6 is 11.6 Å². The van der Waals surface area contributed by atoms with Gasteiger partial charge < -0.3 is 10.1 Å². The zero-order valence-electron chi connectivity index (χ0n) is 10.5. The molecule has 5 heteroatoms. The Kier molecular flexibility index (Phi) is 3.67. The fourth-order valence-electron chi connectivity index (χ4n) is 1.52. The molecule has 1 aromatic carbocycles. The molecular weight excluding hydrogens is 250 g/mol. The first-order valence-electron chi connectivity index (χ1n) is 5.56. The molecule has 2 rings (SSSR count). The second kappa shape index (κ2) is 5.23. The number of nitrogens with one attached hydrogen (secondary N) is 1. The van der Waals surface area contributed by atoms with Gasteiger partial charge >= 0.3 is 0 Å². The number of hydrogen-bond donors (Lipinski definition) is 1. The molecule has 4 nitrogen and oxygen atoms in total. The second-order valence-corrected chi connectivity index (χ2v) is 4.33. The molecule has 0 amide bonds. The van der Waals surface area contributed by atoms with Crippen LogP contribution in [0.25, 0.3) is 0 Å². The maximum atomic E-state index is 6.08. The Bertz CT molecular complexity index is 572. The lowest BCUT2D eigenvalue weighted by Gasteiger charge is -2.09. The Hall–Kier alpha value is -1.81. The van der Waals surface area contributed by atoms with Crippen LogP contribution in [0.4, 0.5) is 5.82 Å². The summed E-state index contributed by atoms with van der Waals surface area (Å²) in [6, 6.07) is 7.34. The van der Waals surface area contributed by atoms with Crippen LogP contribution in [0.15, 0.2) is 24.3 Å². The smallest absolute Gasteiger partial charge is 0.224 e. The van der Waals surface area contributed by atoms with Gasteiger partial charge in [-0.05, 0) is 31.5 Å². The normalized spacial score (nSPS) is 10.2. The minimum atomic E-state index is 0.472. The highest BCUT2D eigenvalue weighted by Crippen LogP contribution is 2.29. The van der Waals surface area contributed by atoms with Gasteiger partial charge in [0, 0.05) is 13.1 Å². The fraction of sp³-hybridized carbons (Fsp3) is 0.231. The summed E-state index contributed by atoms with van der Waals surface area (Å²) in [7, 11) is 1.80. The summed E-state index contributed by atoms with van der Waals surface area (Å²) in [4.78, 5) is 8.41. The Morgan fingerprint density at radius 3 is 2.67 bits per heavy atom. The third-order valence-electron chi connectivity index (χ3n) is 2.37. The van der Waals surface area contributed by atoms with E-state index in [1.165, 1.54) is 0 Å². The first kappa shape index (κ1) is 12.6. The average molecular weight is 264 g/mol. The van der Waals surface area contributed by atoms with E-state index in [4.69, 9.17) is 16.3 Å². The predicted molar refractivity (Wildman–Crippen MR) is 72.6 cm³/mol. The van der Waals surface area contributed by atoms with Crippen molar-refractivity contribution in [1.82, 2.24) is 9.97 Å². The number of benzene rings is 1. The topological polar surface area (TPSA) is 47.0 Å². The second-order valence-electron chi connectivity index (χ2n) is 3.92. The van der Waals surface area contributed by atoms with Gasteiger partial charge in [-0.2, -0.15) is 4.98 Å². The molecular formula is C13H14ClN3O. The number of ether oxygens (including phenoxy) is 1. The molecule has 94 valence electrons. The largest absolute Gasteiger partial charge is 0.437 e. The van der Waals surface area contributed by atoms with E-state index in [0.29, 0.717) is 28.3 Å². The lowest BCUT2D eigenvalue weighted by Crippen LogP contribution is -1.99. The first-order chi connectivity index (χ1) is 8.58. The molecule has 0 spiro atoms. The number of hydrogen-bond acceptors (Lipinski definition) is 4. The highest BCUT2D eigenvalue weighted by molar-refractivity contribution is 6.32. The maximum Gasteiger partial charge on any atom is 0.224 e. The van der Waals surface area contributed by atoms with Crippen molar-refractivity contribution in [3.8, 4) is 11.6 Å². The molecule has 0 aliphatic rings. The van der Waals surface area contributed by atoms with E-state index in [-0.39, 0.29) is 0 Å². The van der Waals surface area contributed by atoms with Crippen LogP contribution in [0.5, 0.6) is 11.6 Å². The molecule has 1 aromatic heterocycles. The van der Waals surface area contributed by atoms with E-state index in [1.807, 2.05) is 26.0 Å². The molecule has 0 saturated heterocycles. The zero-order chi connectivity index (χ0) is 13.1. The number of anilines is 1. The summed E-state index contributed by atoms with van der Waals surface area (Å²) >= 11 is 6.08. The standard InChI is InChI=1S/C13H14ClN3O/c1-8-4-5-10(14)11(6-8)18-13-7-12(15-3)16-9(2)17-13/h4-7H,1-3H3,(H,15,16,17). The van der Waals surface area contributed by atoms with E-state index in [0.717, 1.165) is 5.56 Å². The highest BCUT2D eigenvalue weighted by Gasteiger charge is 2.06. The van der Waals surface area contributed by atoms with Crippen LogP contribution in [0.2, 0.25) is 5.02 Å². The van der Waals surface area contributed by atoms with Crippen molar-refractivity contribution in [3.05, 3.63) is 40.7 Å². The molecule has 0 aliphatic carbocycles. The van der Waals surface area contributed by atoms with Crippen LogP contribution in [0.1, 0.15) is 11.4 Å². The van der Waals surface area contributed by atoms with Crippen LogP contribution in [0, 0.1) is 13.8 Å². The van der Waals surface area contributed by atoms with Crippen LogP contribution in [-0.2, 0) is 0 Å². The van der Waals surface area contributed by atoms with Crippen molar-refractivity contribution < 1.29 is 4.74 Å². The van der Waals surface area contributed by atoms with Crippen molar-refractivity contribution >= 4 is 17.4 Å². The van der Waals surface area contributed by atoms with E-state index >= 15 is 0 Å². The molecule has 1 N–H and O–H groups in total. The van der Waals surface area contributed by atoms with Crippen molar-refractivity contribution in [2.24, 2.45) is 0 Å². The summed E-state index contributed by atoms with van der Waals surface area (Å²) in [5.41, 5.74) is 1.08. The minimum Gasteiger partial charge on any atom is -0.437 e. The van der Waals surface area contributed by atoms with E-state index in [1.54, 1.807) is 19.2 Å². The highest BCUT2D eigenvalue weighted by atomic mass is 35.5. The molecule has 0 atom stereocenters. The fourth-order valence-corrected chi connectivity index (χ4v) is 1.68. The monoisotopic (exact) mass is 263 g/mol. The molecule has 0 bridgehead atoms. The Balaban J connectivity index is 2.33. The number of halogens is 1. The molecule has 0 aliphatic heterocycles. The summed E-state index contributed by atoms with van der Waals surface area (Å²) < 4.78 is 5.69. The van der Waals surface area contributed by atoms with Gasteiger partial charge in [-0.15, -0.1) is 0 Å². The van der Waals surface area contributed by atoms with Crippen LogP contribution in [-0.4, -0.2) is 17.0 Å². The van der Waals surface area contributed by atoms with Gasteiger partial charge in [0.25, 0.3) is 0 Å². The summed E-state index contributed by atoms with van der Waals surface area (Å²) in [5, 5.41) is 3.51. The predicted octanol–water partition coefficient (Wildman–Crippen LogP) is 3.58. The van der Waals surface area contributed by atoms with E-state index in [2.05, 4.69) is 15.3 Å². The lowest BCUT2D eigenvalue weighted by molar-refractivity contribution is 0.460. The first-order valence-corrected chi connectivity index (χ1v) is 5.94. The molecule has 1 heterocycles. The third kappa shape index (κ3) is 2.90. The molecule has 0 radical (unpaired) electrons. The SMILES string of the molecule is CNc1cc(Oc2cc(C)ccc2Cl)nc(C)n1. The van der Waals surface area contributed by atoms with Crippen molar-refractivity contribution in [2.75, 3.05) is 12.4 Å². The molecule has 0 unspecified atom stereocenters. The van der Waals surface area contributed by atoms with Gasteiger partial charge in [0.2, 0.25) is 5.88 Å². The molecule has 18 heavy (non-hydrogen) atoms. The van der Waals surface area contributed by atoms with Gasteiger partial charge in [-0.3, -0.25) is 0 Å².